The quantitative estimate of drug-likeness (QED) is 0.800. The minimum absolute atomic E-state index is 0.170. The molecule has 2 rings (SSSR count). The van der Waals surface area contributed by atoms with Crippen LogP contribution in [0.2, 0.25) is 5.02 Å². The van der Waals surface area contributed by atoms with Gasteiger partial charge in [-0.05, 0) is 30.3 Å². The Kier molecular flexibility index (Phi) is 4.06. The van der Waals surface area contributed by atoms with Gasteiger partial charge in [0.1, 0.15) is 11.3 Å². The van der Waals surface area contributed by atoms with E-state index >= 15 is 0 Å². The molecule has 8 heteroatoms. The molecule has 0 heterocycles. The van der Waals surface area contributed by atoms with Crippen LogP contribution in [0.4, 0.5) is 5.69 Å². The van der Waals surface area contributed by atoms with Crippen molar-refractivity contribution in [2.24, 2.45) is 0 Å². The first kappa shape index (κ1) is 15.1. The monoisotopic (exact) mass is 327 g/mol. The van der Waals surface area contributed by atoms with E-state index in [1.54, 1.807) is 12.1 Å². The van der Waals surface area contributed by atoms with Gasteiger partial charge >= 0.3 is 5.97 Å². The Hall–Kier alpha value is -2.25. The largest absolute Gasteiger partial charge is 0.507 e. The number of nitrogens with one attached hydrogen (secondary N) is 1. The van der Waals surface area contributed by atoms with Crippen molar-refractivity contribution in [1.29, 1.82) is 0 Å². The van der Waals surface area contributed by atoms with E-state index in [9.17, 15) is 18.3 Å². The summed E-state index contributed by atoms with van der Waals surface area (Å²) in [5, 5.41) is 18.5. The first-order valence-corrected chi connectivity index (χ1v) is 7.51. The van der Waals surface area contributed by atoms with Crippen molar-refractivity contribution in [3.63, 3.8) is 0 Å². The number of hydrogen-bond donors (Lipinski definition) is 3. The number of para-hydroxylation sites is 1. The molecule has 0 spiro atoms. The van der Waals surface area contributed by atoms with Crippen LogP contribution < -0.4 is 4.72 Å². The van der Waals surface area contributed by atoms with Gasteiger partial charge in [-0.2, -0.15) is 0 Å². The van der Waals surface area contributed by atoms with Gasteiger partial charge in [0.25, 0.3) is 10.0 Å². The van der Waals surface area contributed by atoms with Crippen LogP contribution in [-0.2, 0) is 10.0 Å². The van der Waals surface area contributed by atoms with Gasteiger partial charge in [-0.1, -0.05) is 23.7 Å². The van der Waals surface area contributed by atoms with Gasteiger partial charge in [0, 0.05) is 0 Å². The molecular formula is C13H10ClNO5S. The highest BCUT2D eigenvalue weighted by molar-refractivity contribution is 7.92. The van der Waals surface area contributed by atoms with Crippen molar-refractivity contribution in [1.82, 2.24) is 0 Å². The minimum atomic E-state index is -4.02. The van der Waals surface area contributed by atoms with Gasteiger partial charge in [-0.15, -0.1) is 0 Å². The number of aromatic hydroxyl groups is 1. The molecule has 0 amide bonds. The van der Waals surface area contributed by atoms with Gasteiger partial charge in [0.05, 0.1) is 15.6 Å². The second kappa shape index (κ2) is 5.63. The third-order valence-electron chi connectivity index (χ3n) is 2.63. The molecule has 0 bridgehead atoms. The van der Waals surface area contributed by atoms with Crippen LogP contribution in [0.3, 0.4) is 0 Å². The topological polar surface area (TPSA) is 104 Å². The van der Waals surface area contributed by atoms with Crippen LogP contribution in [0.5, 0.6) is 5.75 Å². The molecule has 0 saturated heterocycles. The van der Waals surface area contributed by atoms with Crippen LogP contribution in [0.25, 0.3) is 0 Å². The lowest BCUT2D eigenvalue weighted by Crippen LogP contribution is -2.14. The van der Waals surface area contributed by atoms with Crippen LogP contribution in [-0.4, -0.2) is 24.6 Å². The Labute approximate surface area is 125 Å². The minimum Gasteiger partial charge on any atom is -0.507 e. The first-order valence-electron chi connectivity index (χ1n) is 5.65. The maximum Gasteiger partial charge on any atom is 0.339 e. The number of anilines is 1. The third-order valence-corrected chi connectivity index (χ3v) is 4.32. The molecule has 0 radical (unpaired) electrons. The molecule has 3 N–H and O–H groups in total. The molecule has 2 aromatic carbocycles. The normalized spacial score (nSPS) is 11.1. The summed E-state index contributed by atoms with van der Waals surface area (Å²) in [5.41, 5.74) is -0.332. The van der Waals surface area contributed by atoms with Crippen LogP contribution in [0.15, 0.2) is 47.4 Å². The first-order chi connectivity index (χ1) is 9.81. The van der Waals surface area contributed by atoms with Gasteiger partial charge in [0.15, 0.2) is 0 Å². The maximum atomic E-state index is 12.2. The predicted octanol–water partition coefficient (Wildman–Crippen LogP) is 2.54. The van der Waals surface area contributed by atoms with E-state index in [4.69, 9.17) is 16.7 Å². The summed E-state index contributed by atoms with van der Waals surface area (Å²) < 4.78 is 26.6. The summed E-state index contributed by atoms with van der Waals surface area (Å²) in [5.74, 6) is -1.94. The number of benzene rings is 2. The summed E-state index contributed by atoms with van der Waals surface area (Å²) in [7, 11) is -4.02. The standard InChI is InChI=1S/C13H10ClNO5S/c14-10-3-1-2-4-11(10)15-21(19,20)8-5-6-12(16)9(7-8)13(17)18/h1-7,15-16H,(H,17,18). The fraction of sp³-hybridized carbons (Fsp3) is 0. The predicted molar refractivity (Wildman–Crippen MR) is 77.3 cm³/mol. The lowest BCUT2D eigenvalue weighted by Gasteiger charge is -2.10. The number of halogens is 1. The molecule has 0 aliphatic rings. The van der Waals surface area contributed by atoms with E-state index in [0.717, 1.165) is 18.2 Å². The highest BCUT2D eigenvalue weighted by Gasteiger charge is 2.19. The van der Waals surface area contributed by atoms with Crippen molar-refractivity contribution in [2.45, 2.75) is 4.90 Å². The molecule has 0 fully saturated rings. The van der Waals surface area contributed by atoms with Crippen molar-refractivity contribution in [3.8, 4) is 5.75 Å². The van der Waals surface area contributed by atoms with Gasteiger partial charge < -0.3 is 10.2 Å². The van der Waals surface area contributed by atoms with Gasteiger partial charge in [0.2, 0.25) is 0 Å². The number of aromatic carboxylic acids is 1. The average Bonchev–Trinajstić information content (AvgIpc) is 2.41. The average molecular weight is 328 g/mol. The lowest BCUT2D eigenvalue weighted by atomic mass is 10.2. The molecule has 6 nitrogen and oxygen atoms in total. The van der Waals surface area contributed by atoms with Gasteiger partial charge in [-0.3, -0.25) is 4.72 Å². The highest BCUT2D eigenvalue weighted by atomic mass is 35.5. The van der Waals surface area contributed by atoms with E-state index in [-0.39, 0.29) is 15.6 Å². The number of carbonyl (C=O) groups is 1. The summed E-state index contributed by atoms with van der Waals surface area (Å²) in [6.07, 6.45) is 0. The number of carboxylic acids is 1. The Morgan fingerprint density at radius 1 is 1.14 bits per heavy atom. The molecule has 2 aromatic rings. The smallest absolute Gasteiger partial charge is 0.339 e. The number of hydrogen-bond acceptors (Lipinski definition) is 4. The van der Waals surface area contributed by atoms with E-state index in [0.29, 0.717) is 0 Å². The SMILES string of the molecule is O=C(O)c1cc(S(=O)(=O)Nc2ccccc2Cl)ccc1O. The van der Waals surface area contributed by atoms with Crippen molar-refractivity contribution in [3.05, 3.63) is 53.1 Å². The molecule has 0 unspecified atom stereocenters. The van der Waals surface area contributed by atoms with Crippen LogP contribution >= 0.6 is 11.6 Å². The number of sulfonamides is 1. The van der Waals surface area contributed by atoms with E-state index in [1.807, 2.05) is 0 Å². The Bertz CT molecular complexity index is 804. The summed E-state index contributed by atoms with van der Waals surface area (Å²) in [4.78, 5) is 10.6. The van der Waals surface area contributed by atoms with Crippen LogP contribution in [0, 0.1) is 0 Å². The molecule has 21 heavy (non-hydrogen) atoms. The van der Waals surface area contributed by atoms with Crippen LogP contribution in [0.1, 0.15) is 10.4 Å². The molecular weight excluding hydrogens is 318 g/mol. The highest BCUT2D eigenvalue weighted by Crippen LogP contribution is 2.26. The zero-order valence-corrected chi connectivity index (χ0v) is 12.0. The summed E-state index contributed by atoms with van der Waals surface area (Å²) >= 11 is 5.86. The number of phenols is 1. The Morgan fingerprint density at radius 2 is 1.81 bits per heavy atom. The number of rotatable bonds is 4. The lowest BCUT2D eigenvalue weighted by molar-refractivity contribution is 0.0693. The van der Waals surface area contributed by atoms with Crippen molar-refractivity contribution >= 4 is 33.3 Å². The van der Waals surface area contributed by atoms with Crippen molar-refractivity contribution in [2.75, 3.05) is 4.72 Å². The third kappa shape index (κ3) is 3.26. The molecule has 0 aliphatic carbocycles. The summed E-state index contributed by atoms with van der Waals surface area (Å²) in [6, 6.07) is 9.20. The second-order valence-electron chi connectivity index (χ2n) is 4.07. The summed E-state index contributed by atoms with van der Waals surface area (Å²) in [6.45, 7) is 0. The molecule has 0 aromatic heterocycles. The molecule has 0 saturated carbocycles. The fourth-order valence-corrected chi connectivity index (χ4v) is 2.95. The fourth-order valence-electron chi connectivity index (χ4n) is 1.60. The zero-order chi connectivity index (χ0) is 15.6. The molecule has 0 atom stereocenters. The molecule has 110 valence electrons. The van der Waals surface area contributed by atoms with Gasteiger partial charge in [-0.25, -0.2) is 13.2 Å². The second-order valence-corrected chi connectivity index (χ2v) is 6.16. The Balaban J connectivity index is 2.43. The maximum absolute atomic E-state index is 12.2. The zero-order valence-electron chi connectivity index (χ0n) is 10.4. The van der Waals surface area contributed by atoms with E-state index in [2.05, 4.69) is 4.72 Å². The van der Waals surface area contributed by atoms with Crippen molar-refractivity contribution < 1.29 is 23.4 Å². The Morgan fingerprint density at radius 3 is 2.43 bits per heavy atom. The molecule has 0 aliphatic heterocycles. The van der Waals surface area contributed by atoms with E-state index in [1.165, 1.54) is 12.1 Å². The van der Waals surface area contributed by atoms with E-state index < -0.39 is 27.3 Å². The number of carboxylic acid groups (broad SMARTS) is 1.